The van der Waals surface area contributed by atoms with Crippen LogP contribution in [0.15, 0.2) is 53.5 Å². The number of unbranched alkanes of at least 4 members (excludes halogenated alkanes) is 5. The fourth-order valence-corrected chi connectivity index (χ4v) is 2.85. The summed E-state index contributed by atoms with van der Waals surface area (Å²) in [4.78, 5) is 4.58. The molecule has 2 heteroatoms. The van der Waals surface area contributed by atoms with Crippen LogP contribution in [-0.2, 0) is 6.42 Å². The molecule has 2 rings (SSSR count). The van der Waals surface area contributed by atoms with Crippen molar-refractivity contribution in [2.45, 2.75) is 65.2 Å². The van der Waals surface area contributed by atoms with E-state index in [1.54, 1.807) is 0 Å². The highest BCUT2D eigenvalue weighted by atomic mass is 16.5. The van der Waals surface area contributed by atoms with Crippen LogP contribution < -0.4 is 4.74 Å². The van der Waals surface area contributed by atoms with Crippen molar-refractivity contribution >= 4 is 11.9 Å². The number of hydrogen-bond acceptors (Lipinski definition) is 2. The molecule has 26 heavy (non-hydrogen) atoms. The fraction of sp³-hybridized carbons (Fsp3) is 0.458. The Kier molecular flexibility index (Phi) is 9.56. The summed E-state index contributed by atoms with van der Waals surface area (Å²) in [6, 6.07) is 16.8. The Labute approximate surface area is 159 Å². The Bertz CT molecular complexity index is 571. The highest BCUT2D eigenvalue weighted by Crippen LogP contribution is 2.16. The van der Waals surface area contributed by atoms with Crippen LogP contribution in [0.2, 0.25) is 0 Å². The molecule has 0 saturated carbocycles. The first-order valence-corrected chi connectivity index (χ1v) is 10.2. The molecule has 0 bridgehead atoms. The second-order valence-corrected chi connectivity index (χ2v) is 6.86. The van der Waals surface area contributed by atoms with Crippen molar-refractivity contribution in [1.29, 1.82) is 0 Å². The minimum atomic E-state index is 0.798. The zero-order valence-electron chi connectivity index (χ0n) is 16.4. The normalized spacial score (nSPS) is 11.2. The monoisotopic (exact) mass is 351 g/mol. The average Bonchev–Trinajstić information content (AvgIpc) is 2.69. The molecule has 0 saturated heterocycles. The molecular weight excluding hydrogens is 318 g/mol. The number of aryl methyl sites for hydroxylation is 1. The van der Waals surface area contributed by atoms with Gasteiger partial charge in [-0.1, -0.05) is 58.1 Å². The Balaban J connectivity index is 1.79. The zero-order chi connectivity index (χ0) is 18.5. The molecule has 0 unspecified atom stereocenters. The molecule has 0 heterocycles. The van der Waals surface area contributed by atoms with Gasteiger partial charge in [-0.2, -0.15) is 0 Å². The van der Waals surface area contributed by atoms with Gasteiger partial charge in [-0.3, -0.25) is 4.99 Å². The third-order valence-corrected chi connectivity index (χ3v) is 4.51. The van der Waals surface area contributed by atoms with Crippen LogP contribution in [0.4, 0.5) is 5.69 Å². The topological polar surface area (TPSA) is 21.6 Å². The van der Waals surface area contributed by atoms with Crippen LogP contribution in [0.3, 0.4) is 0 Å². The van der Waals surface area contributed by atoms with E-state index in [0.717, 1.165) is 30.0 Å². The molecule has 2 nitrogen and oxygen atoms in total. The van der Waals surface area contributed by atoms with E-state index in [2.05, 4.69) is 55.2 Å². The minimum Gasteiger partial charge on any atom is -0.494 e. The van der Waals surface area contributed by atoms with Gasteiger partial charge in [-0.25, -0.2) is 0 Å². The lowest BCUT2D eigenvalue weighted by Crippen LogP contribution is -1.96. The zero-order valence-corrected chi connectivity index (χ0v) is 16.4. The summed E-state index contributed by atoms with van der Waals surface area (Å²) >= 11 is 0. The van der Waals surface area contributed by atoms with E-state index in [1.807, 2.05) is 18.3 Å². The molecule has 0 N–H and O–H groups in total. The SMILES string of the molecule is CCCCCCc1ccc(/N=C/c2ccc(OCCCCC)cc2)cc1. The number of ether oxygens (including phenoxy) is 1. The first kappa shape index (κ1) is 20.2. The van der Waals surface area contributed by atoms with Gasteiger partial charge in [0.2, 0.25) is 0 Å². The third-order valence-electron chi connectivity index (χ3n) is 4.51. The third kappa shape index (κ3) is 7.86. The maximum absolute atomic E-state index is 5.74. The number of aliphatic imine (C=N–C) groups is 1. The van der Waals surface area contributed by atoms with Crippen LogP contribution in [0.25, 0.3) is 0 Å². The Morgan fingerprint density at radius 2 is 1.46 bits per heavy atom. The molecule has 0 aliphatic heterocycles. The second kappa shape index (κ2) is 12.3. The average molecular weight is 352 g/mol. The molecule has 140 valence electrons. The molecule has 0 spiro atoms. The standard InChI is InChI=1S/C24H33NO/c1-3-5-7-8-10-21-11-15-23(16-12-21)25-20-22-13-17-24(18-14-22)26-19-9-6-4-2/h11-18,20H,3-10,19H2,1-2H3/b25-20+. The molecular formula is C24H33NO. The van der Waals surface area contributed by atoms with Gasteiger partial charge in [0.25, 0.3) is 0 Å². The van der Waals surface area contributed by atoms with Crippen LogP contribution >= 0.6 is 0 Å². The maximum Gasteiger partial charge on any atom is 0.119 e. The molecule has 2 aromatic rings. The van der Waals surface area contributed by atoms with E-state index in [4.69, 9.17) is 4.74 Å². The Hall–Kier alpha value is -2.09. The van der Waals surface area contributed by atoms with E-state index in [1.165, 1.54) is 50.5 Å². The second-order valence-electron chi connectivity index (χ2n) is 6.86. The summed E-state index contributed by atoms with van der Waals surface area (Å²) < 4.78 is 5.74. The van der Waals surface area contributed by atoms with E-state index >= 15 is 0 Å². The van der Waals surface area contributed by atoms with Crippen molar-refractivity contribution in [3.05, 3.63) is 59.7 Å². The van der Waals surface area contributed by atoms with Crippen LogP contribution in [0.1, 0.15) is 69.9 Å². The van der Waals surface area contributed by atoms with Crippen LogP contribution in [0.5, 0.6) is 5.75 Å². The Morgan fingerprint density at radius 1 is 0.769 bits per heavy atom. The predicted octanol–water partition coefficient (Wildman–Crippen LogP) is 7.13. The highest BCUT2D eigenvalue weighted by molar-refractivity contribution is 5.82. The van der Waals surface area contributed by atoms with E-state index in [-0.39, 0.29) is 0 Å². The van der Waals surface area contributed by atoms with Gasteiger partial charge in [0.15, 0.2) is 0 Å². The van der Waals surface area contributed by atoms with Gasteiger partial charge in [-0.05, 0) is 66.8 Å². The minimum absolute atomic E-state index is 0.798. The number of benzene rings is 2. The highest BCUT2D eigenvalue weighted by Gasteiger charge is 1.96. The number of nitrogens with zero attached hydrogens (tertiary/aromatic N) is 1. The van der Waals surface area contributed by atoms with Crippen molar-refractivity contribution in [2.75, 3.05) is 6.61 Å². The van der Waals surface area contributed by atoms with Crippen molar-refractivity contribution in [2.24, 2.45) is 4.99 Å². The van der Waals surface area contributed by atoms with Crippen molar-refractivity contribution in [3.8, 4) is 5.75 Å². The predicted molar refractivity (Wildman–Crippen MR) is 113 cm³/mol. The van der Waals surface area contributed by atoms with Gasteiger partial charge in [0.05, 0.1) is 12.3 Å². The molecule has 0 aromatic heterocycles. The summed E-state index contributed by atoms with van der Waals surface area (Å²) in [5.41, 5.74) is 3.50. The fourth-order valence-electron chi connectivity index (χ4n) is 2.85. The largest absolute Gasteiger partial charge is 0.494 e. The summed E-state index contributed by atoms with van der Waals surface area (Å²) in [5, 5.41) is 0. The van der Waals surface area contributed by atoms with Crippen molar-refractivity contribution in [1.82, 2.24) is 0 Å². The maximum atomic E-state index is 5.74. The van der Waals surface area contributed by atoms with E-state index in [9.17, 15) is 0 Å². The lowest BCUT2D eigenvalue weighted by molar-refractivity contribution is 0.306. The van der Waals surface area contributed by atoms with Crippen molar-refractivity contribution < 1.29 is 4.74 Å². The molecule has 0 fully saturated rings. The molecule has 0 atom stereocenters. The number of hydrogen-bond donors (Lipinski definition) is 0. The van der Waals surface area contributed by atoms with Crippen molar-refractivity contribution in [3.63, 3.8) is 0 Å². The summed E-state index contributed by atoms with van der Waals surface area (Å²) in [5.74, 6) is 0.936. The van der Waals surface area contributed by atoms with Gasteiger partial charge < -0.3 is 4.74 Å². The first-order chi connectivity index (χ1) is 12.8. The van der Waals surface area contributed by atoms with E-state index in [0.29, 0.717) is 0 Å². The Morgan fingerprint density at radius 3 is 2.15 bits per heavy atom. The van der Waals surface area contributed by atoms with Gasteiger partial charge >= 0.3 is 0 Å². The van der Waals surface area contributed by atoms with Crippen LogP contribution in [-0.4, -0.2) is 12.8 Å². The molecule has 0 amide bonds. The lowest BCUT2D eigenvalue weighted by atomic mass is 10.1. The lowest BCUT2D eigenvalue weighted by Gasteiger charge is -2.05. The summed E-state index contributed by atoms with van der Waals surface area (Å²) in [6.45, 7) is 5.25. The van der Waals surface area contributed by atoms with Gasteiger partial charge in [-0.15, -0.1) is 0 Å². The van der Waals surface area contributed by atoms with Gasteiger partial charge in [0, 0.05) is 6.21 Å². The van der Waals surface area contributed by atoms with Gasteiger partial charge in [0.1, 0.15) is 5.75 Å². The van der Waals surface area contributed by atoms with Crippen LogP contribution in [0, 0.1) is 0 Å². The quantitative estimate of drug-likeness (QED) is 0.294. The molecule has 0 aliphatic rings. The molecule has 2 aromatic carbocycles. The summed E-state index contributed by atoms with van der Waals surface area (Å²) in [6.07, 6.45) is 11.9. The first-order valence-electron chi connectivity index (χ1n) is 10.2. The molecule has 0 aliphatic carbocycles. The summed E-state index contributed by atoms with van der Waals surface area (Å²) in [7, 11) is 0. The smallest absolute Gasteiger partial charge is 0.119 e. The van der Waals surface area contributed by atoms with E-state index < -0.39 is 0 Å². The number of rotatable bonds is 12. The molecule has 0 radical (unpaired) electrons.